The second-order valence-corrected chi connectivity index (χ2v) is 5.86. The number of benzene rings is 1. The zero-order valence-corrected chi connectivity index (χ0v) is 18.4. The monoisotopic (exact) mass is 427 g/mol. The van der Waals surface area contributed by atoms with Gasteiger partial charge in [0.1, 0.15) is 0 Å². The molecule has 0 amide bonds. The quantitative estimate of drug-likeness (QED) is 0.449. The largest absolute Gasteiger partial charge is 0.454 e. The molecule has 0 spiro atoms. The maximum Gasteiger partial charge on any atom is 0.231 e. The second kappa shape index (κ2) is 13.9. The standard InChI is InChI=1S/C19H30O5.Y/c1-3-5-7-20-8-9-21-10-11-22-14-17-13-19-18(23-15-24-19)12-16(17)6-4-2;/h12-13H,3-11,14-15H2,1-2H3;. The van der Waals surface area contributed by atoms with Gasteiger partial charge >= 0.3 is 0 Å². The molecule has 139 valence electrons. The van der Waals surface area contributed by atoms with E-state index >= 15 is 0 Å². The molecule has 0 aliphatic carbocycles. The van der Waals surface area contributed by atoms with Gasteiger partial charge in [0.2, 0.25) is 6.79 Å². The Hall–Kier alpha value is -0.196. The first-order valence-corrected chi connectivity index (χ1v) is 8.99. The molecule has 0 fully saturated rings. The van der Waals surface area contributed by atoms with Crippen molar-refractivity contribution < 1.29 is 56.4 Å². The van der Waals surface area contributed by atoms with E-state index in [0.717, 1.165) is 43.8 Å². The summed E-state index contributed by atoms with van der Waals surface area (Å²) in [4.78, 5) is 0. The molecular formula is C19H30O5Y. The van der Waals surface area contributed by atoms with Crippen molar-refractivity contribution in [2.75, 3.05) is 39.8 Å². The van der Waals surface area contributed by atoms with E-state index in [4.69, 9.17) is 23.7 Å². The zero-order valence-electron chi connectivity index (χ0n) is 15.6. The molecule has 0 atom stereocenters. The van der Waals surface area contributed by atoms with Crippen molar-refractivity contribution in [3.8, 4) is 11.5 Å². The second-order valence-electron chi connectivity index (χ2n) is 5.86. The third-order valence-corrected chi connectivity index (χ3v) is 3.86. The Morgan fingerprint density at radius 1 is 0.800 bits per heavy atom. The van der Waals surface area contributed by atoms with Gasteiger partial charge in [0.15, 0.2) is 11.5 Å². The molecule has 1 aliphatic heterocycles. The summed E-state index contributed by atoms with van der Waals surface area (Å²) in [5.41, 5.74) is 2.44. The van der Waals surface area contributed by atoms with E-state index in [9.17, 15) is 0 Å². The average molecular weight is 427 g/mol. The van der Waals surface area contributed by atoms with Crippen molar-refractivity contribution in [3.63, 3.8) is 0 Å². The minimum absolute atomic E-state index is 0. The fourth-order valence-electron chi connectivity index (χ4n) is 2.53. The first-order chi connectivity index (χ1) is 11.8. The van der Waals surface area contributed by atoms with Gasteiger partial charge in [-0.1, -0.05) is 26.7 Å². The fraction of sp³-hybridized carbons (Fsp3) is 0.684. The van der Waals surface area contributed by atoms with Crippen molar-refractivity contribution >= 4 is 0 Å². The number of hydrogen-bond acceptors (Lipinski definition) is 5. The van der Waals surface area contributed by atoms with Crippen molar-refractivity contribution in [2.45, 2.75) is 46.1 Å². The summed E-state index contributed by atoms with van der Waals surface area (Å²) >= 11 is 0. The molecule has 0 unspecified atom stereocenters. The van der Waals surface area contributed by atoms with E-state index in [0.29, 0.717) is 39.8 Å². The number of ether oxygens (including phenoxy) is 5. The molecule has 0 N–H and O–H groups in total. The number of hydrogen-bond donors (Lipinski definition) is 0. The Bertz CT molecular complexity index is 481. The Morgan fingerprint density at radius 2 is 1.40 bits per heavy atom. The Morgan fingerprint density at radius 3 is 2.04 bits per heavy atom. The van der Waals surface area contributed by atoms with Gasteiger partial charge in [0, 0.05) is 39.3 Å². The third-order valence-electron chi connectivity index (χ3n) is 3.86. The molecule has 1 radical (unpaired) electrons. The summed E-state index contributed by atoms with van der Waals surface area (Å²) < 4.78 is 27.6. The van der Waals surface area contributed by atoms with E-state index in [2.05, 4.69) is 19.9 Å². The van der Waals surface area contributed by atoms with Crippen LogP contribution in [0.5, 0.6) is 11.5 Å². The van der Waals surface area contributed by atoms with Crippen LogP contribution < -0.4 is 9.47 Å². The molecule has 1 aliphatic rings. The normalized spacial score (nSPS) is 12.2. The number of aryl methyl sites for hydroxylation is 1. The van der Waals surface area contributed by atoms with Gasteiger partial charge in [-0.25, -0.2) is 0 Å². The van der Waals surface area contributed by atoms with Crippen LogP contribution in [-0.2, 0) is 59.9 Å². The predicted octanol–water partition coefficient (Wildman–Crippen LogP) is 3.72. The Balaban J connectivity index is 0.00000312. The minimum atomic E-state index is 0. The topological polar surface area (TPSA) is 46.2 Å². The van der Waals surface area contributed by atoms with Gasteiger partial charge < -0.3 is 23.7 Å². The summed E-state index contributed by atoms with van der Waals surface area (Å²) in [6.45, 7) is 8.47. The van der Waals surface area contributed by atoms with Crippen LogP contribution in [0.1, 0.15) is 44.2 Å². The molecule has 1 aromatic carbocycles. The van der Waals surface area contributed by atoms with Crippen LogP contribution in [0.2, 0.25) is 0 Å². The van der Waals surface area contributed by atoms with E-state index < -0.39 is 0 Å². The molecule has 0 saturated carbocycles. The molecule has 1 heterocycles. The summed E-state index contributed by atoms with van der Waals surface area (Å²) in [6, 6.07) is 4.12. The smallest absolute Gasteiger partial charge is 0.231 e. The van der Waals surface area contributed by atoms with Crippen LogP contribution in [0, 0.1) is 0 Å². The van der Waals surface area contributed by atoms with Gasteiger partial charge in [-0.3, -0.25) is 0 Å². The molecule has 0 bridgehead atoms. The summed E-state index contributed by atoms with van der Waals surface area (Å²) in [5, 5.41) is 0. The summed E-state index contributed by atoms with van der Waals surface area (Å²) in [7, 11) is 0. The van der Waals surface area contributed by atoms with Crippen LogP contribution in [-0.4, -0.2) is 39.8 Å². The molecule has 6 heteroatoms. The van der Waals surface area contributed by atoms with Gasteiger partial charge in [0.25, 0.3) is 0 Å². The zero-order chi connectivity index (χ0) is 17.0. The average Bonchev–Trinajstić information content (AvgIpc) is 3.04. The van der Waals surface area contributed by atoms with E-state index in [1.54, 1.807) is 0 Å². The molecule has 0 aromatic heterocycles. The van der Waals surface area contributed by atoms with Crippen molar-refractivity contribution in [1.29, 1.82) is 0 Å². The summed E-state index contributed by atoms with van der Waals surface area (Å²) in [6.07, 6.45) is 4.38. The van der Waals surface area contributed by atoms with E-state index in [1.807, 2.05) is 6.07 Å². The van der Waals surface area contributed by atoms with Crippen LogP contribution in [0.3, 0.4) is 0 Å². The van der Waals surface area contributed by atoms with Crippen LogP contribution in [0.4, 0.5) is 0 Å². The SMILES string of the molecule is CCCCOCCOCCOCc1cc2c(cc1CCC)OCO2.[Y]. The molecule has 5 nitrogen and oxygen atoms in total. The van der Waals surface area contributed by atoms with E-state index in [1.165, 1.54) is 11.1 Å². The first-order valence-electron chi connectivity index (χ1n) is 8.99. The number of fused-ring (bicyclic) bond motifs is 1. The minimum Gasteiger partial charge on any atom is -0.454 e. The maximum atomic E-state index is 5.75. The third kappa shape index (κ3) is 8.35. The fourth-order valence-corrected chi connectivity index (χ4v) is 2.53. The van der Waals surface area contributed by atoms with Crippen LogP contribution >= 0.6 is 0 Å². The molecule has 2 rings (SSSR count). The van der Waals surface area contributed by atoms with Crippen LogP contribution in [0.15, 0.2) is 12.1 Å². The molecule has 25 heavy (non-hydrogen) atoms. The maximum absolute atomic E-state index is 5.75. The van der Waals surface area contributed by atoms with Gasteiger partial charge in [0.05, 0.1) is 33.0 Å². The molecule has 1 aromatic rings. The molecular weight excluding hydrogens is 397 g/mol. The Kier molecular flexibility index (Phi) is 12.7. The van der Waals surface area contributed by atoms with Crippen molar-refractivity contribution in [3.05, 3.63) is 23.3 Å². The van der Waals surface area contributed by atoms with Crippen LogP contribution in [0.25, 0.3) is 0 Å². The number of unbranched alkanes of at least 4 members (excludes halogenated alkanes) is 1. The first kappa shape index (κ1) is 22.8. The molecule has 0 saturated heterocycles. The van der Waals surface area contributed by atoms with Gasteiger partial charge in [-0.2, -0.15) is 0 Å². The van der Waals surface area contributed by atoms with Gasteiger partial charge in [-0.15, -0.1) is 0 Å². The van der Waals surface area contributed by atoms with Gasteiger partial charge in [-0.05, 0) is 36.1 Å². The van der Waals surface area contributed by atoms with Crippen molar-refractivity contribution in [1.82, 2.24) is 0 Å². The van der Waals surface area contributed by atoms with E-state index in [-0.39, 0.29) is 32.7 Å². The predicted molar refractivity (Wildman–Crippen MR) is 92.8 cm³/mol. The van der Waals surface area contributed by atoms with Crippen molar-refractivity contribution in [2.24, 2.45) is 0 Å². The summed E-state index contributed by atoms with van der Waals surface area (Å²) in [5.74, 6) is 1.66. The number of rotatable bonds is 13. The Labute approximate surface area is 176 Å².